The lowest BCUT2D eigenvalue weighted by atomic mass is 10.0. The molecule has 0 aliphatic carbocycles. The van der Waals surface area contributed by atoms with Crippen LogP contribution in [0.5, 0.6) is 17.2 Å². The van der Waals surface area contributed by atoms with Gasteiger partial charge in [-0.05, 0) is 61.7 Å². The smallest absolute Gasteiger partial charge is 0.303 e. The molecule has 5 aromatic rings. The number of carbonyl (C=O) groups is 2. The normalized spacial score (nSPS) is 13.4. The topological polar surface area (TPSA) is 93.5 Å². The summed E-state index contributed by atoms with van der Waals surface area (Å²) in [5.74, 6) is 1.07. The third-order valence-corrected chi connectivity index (χ3v) is 9.22. The molecule has 0 saturated carbocycles. The number of ketones is 1. The Kier molecular flexibility index (Phi) is 11.4. The molecule has 4 aromatic carbocycles. The van der Waals surface area contributed by atoms with Gasteiger partial charge >= 0.3 is 5.97 Å². The third kappa shape index (κ3) is 8.47. The van der Waals surface area contributed by atoms with E-state index >= 15 is 0 Å². The van der Waals surface area contributed by atoms with Crippen molar-refractivity contribution in [2.75, 3.05) is 51.3 Å². The van der Waals surface area contributed by atoms with Gasteiger partial charge in [0.1, 0.15) is 12.4 Å². The van der Waals surface area contributed by atoms with E-state index in [4.69, 9.17) is 19.3 Å². The quantitative estimate of drug-likeness (QED) is 0.0866. The Hall–Kier alpha value is -5.28. The molecule has 1 aliphatic rings. The highest BCUT2D eigenvalue weighted by Gasteiger charge is 2.21. The van der Waals surface area contributed by atoms with Crippen LogP contribution in [0, 0.1) is 6.92 Å². The number of carboxylic acid groups (broad SMARTS) is 1. The van der Waals surface area contributed by atoms with Gasteiger partial charge in [0.2, 0.25) is 0 Å². The number of methoxy groups -OCH3 is 1. The van der Waals surface area contributed by atoms with E-state index in [9.17, 15) is 9.59 Å². The molecule has 1 fully saturated rings. The molecule has 0 bridgehead atoms. The second-order valence-corrected chi connectivity index (χ2v) is 12.7. The molecule has 0 unspecified atom stereocenters. The molecule has 6 rings (SSSR count). The van der Waals surface area contributed by atoms with Crippen LogP contribution in [0.2, 0.25) is 0 Å². The second-order valence-electron chi connectivity index (χ2n) is 12.7. The number of aliphatic carboxylic acids is 1. The van der Waals surface area contributed by atoms with Crippen LogP contribution in [-0.2, 0) is 17.9 Å². The number of rotatable bonds is 16. The first-order valence-electron chi connectivity index (χ1n) is 17.3. The van der Waals surface area contributed by atoms with Crippen LogP contribution in [0.3, 0.4) is 0 Å². The van der Waals surface area contributed by atoms with E-state index in [0.29, 0.717) is 48.8 Å². The number of hydrogen-bond acceptors (Lipinski definition) is 7. The molecule has 0 atom stereocenters. The number of piperazine rings is 1. The molecule has 0 amide bonds. The van der Waals surface area contributed by atoms with Crippen molar-refractivity contribution in [3.63, 3.8) is 0 Å². The predicted octanol–water partition coefficient (Wildman–Crippen LogP) is 7.22. The number of fused-ring (bicyclic) bond motifs is 1. The molecule has 0 spiro atoms. The maximum Gasteiger partial charge on any atom is 0.303 e. The van der Waals surface area contributed by atoms with Gasteiger partial charge in [-0.2, -0.15) is 0 Å². The number of benzene rings is 4. The maximum atomic E-state index is 14.0. The fourth-order valence-electron chi connectivity index (χ4n) is 6.47. The SMILES string of the molecule is COc1ccccc1N1CCN(CCCOc2cc(C(=O)c3cn(CCCC(=O)O)c4ccccc34)ccc2OCc2ccc(C)cc2)CC1. The molecule has 9 heteroatoms. The fourth-order valence-corrected chi connectivity index (χ4v) is 6.47. The van der Waals surface area contributed by atoms with Crippen molar-refractivity contribution in [3.8, 4) is 17.2 Å². The van der Waals surface area contributed by atoms with Gasteiger partial charge in [-0.25, -0.2) is 0 Å². The fraction of sp³-hybridized carbons (Fsp3) is 0.317. The summed E-state index contributed by atoms with van der Waals surface area (Å²) >= 11 is 0. The minimum absolute atomic E-state index is 0.0691. The largest absolute Gasteiger partial charge is 0.495 e. The summed E-state index contributed by atoms with van der Waals surface area (Å²) in [7, 11) is 1.71. The van der Waals surface area contributed by atoms with Gasteiger partial charge in [-0.15, -0.1) is 0 Å². The summed E-state index contributed by atoms with van der Waals surface area (Å²) in [5.41, 5.74) is 5.34. The average Bonchev–Trinajstić information content (AvgIpc) is 3.51. The number of carbonyl (C=O) groups excluding carboxylic acids is 1. The minimum Gasteiger partial charge on any atom is -0.495 e. The Labute approximate surface area is 293 Å². The van der Waals surface area contributed by atoms with Crippen LogP contribution in [0.25, 0.3) is 10.9 Å². The van der Waals surface area contributed by atoms with E-state index in [2.05, 4.69) is 34.9 Å². The van der Waals surface area contributed by atoms with Gasteiger partial charge < -0.3 is 28.8 Å². The molecule has 1 N–H and O–H groups in total. The first-order chi connectivity index (χ1) is 24.4. The van der Waals surface area contributed by atoms with Crippen molar-refractivity contribution in [2.24, 2.45) is 0 Å². The highest BCUT2D eigenvalue weighted by molar-refractivity contribution is 6.16. The van der Waals surface area contributed by atoms with E-state index < -0.39 is 5.97 Å². The van der Waals surface area contributed by atoms with Crippen LogP contribution in [-0.4, -0.2) is 72.8 Å². The number of nitrogens with zero attached hydrogens (tertiary/aromatic N) is 3. The summed E-state index contributed by atoms with van der Waals surface area (Å²) in [6.07, 6.45) is 3.21. The summed E-state index contributed by atoms with van der Waals surface area (Å²) < 4.78 is 20.1. The molecule has 50 heavy (non-hydrogen) atoms. The lowest BCUT2D eigenvalue weighted by molar-refractivity contribution is -0.137. The van der Waals surface area contributed by atoms with Crippen molar-refractivity contribution in [1.82, 2.24) is 9.47 Å². The zero-order valence-corrected chi connectivity index (χ0v) is 28.8. The van der Waals surface area contributed by atoms with Gasteiger partial charge in [0.25, 0.3) is 0 Å². The van der Waals surface area contributed by atoms with Crippen LogP contribution < -0.4 is 19.1 Å². The molecule has 1 saturated heterocycles. The second kappa shape index (κ2) is 16.4. The van der Waals surface area contributed by atoms with E-state index in [1.807, 2.05) is 71.4 Å². The Morgan fingerprint density at radius 3 is 2.32 bits per heavy atom. The molecular formula is C41H45N3O6. The van der Waals surface area contributed by atoms with Crippen molar-refractivity contribution in [3.05, 3.63) is 119 Å². The number of carboxylic acids is 1. The standard InChI is InChI=1S/C41H45N3O6/c1-30-14-16-31(17-15-30)29-50-38-19-18-32(41(47)34-28-44(21-7-13-40(45)46)35-10-4-3-9-33(34)35)27-39(38)49-26-8-20-42-22-24-43(25-23-42)36-11-5-6-12-37(36)48-2/h3-6,9-12,14-19,27-28H,7-8,13,20-26,29H2,1-2H3,(H,45,46). The molecule has 1 aromatic heterocycles. The van der Waals surface area contributed by atoms with Crippen molar-refractivity contribution < 1.29 is 28.9 Å². The predicted molar refractivity (Wildman–Crippen MR) is 196 cm³/mol. The zero-order chi connectivity index (χ0) is 34.9. The minimum atomic E-state index is -0.832. The zero-order valence-electron chi connectivity index (χ0n) is 28.8. The van der Waals surface area contributed by atoms with E-state index in [-0.39, 0.29) is 12.2 Å². The van der Waals surface area contributed by atoms with Gasteiger partial charge in [0.05, 0.1) is 19.4 Å². The Morgan fingerprint density at radius 1 is 0.780 bits per heavy atom. The summed E-state index contributed by atoms with van der Waals surface area (Å²) in [6.45, 7) is 8.10. The van der Waals surface area contributed by atoms with E-state index in [0.717, 1.165) is 67.0 Å². The molecule has 260 valence electrons. The van der Waals surface area contributed by atoms with Gasteiger partial charge in [-0.3, -0.25) is 14.5 Å². The Morgan fingerprint density at radius 2 is 1.54 bits per heavy atom. The van der Waals surface area contributed by atoms with Gasteiger partial charge in [-0.1, -0.05) is 60.2 Å². The van der Waals surface area contributed by atoms with Crippen LogP contribution in [0.1, 0.15) is 46.3 Å². The number of para-hydroxylation sites is 3. The Balaban J connectivity index is 1.14. The van der Waals surface area contributed by atoms with Gasteiger partial charge in [0, 0.05) is 73.9 Å². The lowest BCUT2D eigenvalue weighted by Crippen LogP contribution is -2.46. The monoisotopic (exact) mass is 675 g/mol. The molecule has 1 aliphatic heterocycles. The highest BCUT2D eigenvalue weighted by atomic mass is 16.5. The summed E-state index contributed by atoms with van der Waals surface area (Å²) in [4.78, 5) is 30.0. The molecule has 0 radical (unpaired) electrons. The number of hydrogen-bond donors (Lipinski definition) is 1. The molecule has 9 nitrogen and oxygen atoms in total. The third-order valence-electron chi connectivity index (χ3n) is 9.22. The summed E-state index contributed by atoms with van der Waals surface area (Å²) in [5, 5.41) is 9.96. The van der Waals surface area contributed by atoms with E-state index in [1.54, 1.807) is 19.2 Å². The number of anilines is 1. The van der Waals surface area contributed by atoms with E-state index in [1.165, 1.54) is 5.56 Å². The first-order valence-corrected chi connectivity index (χ1v) is 17.3. The number of ether oxygens (including phenoxy) is 3. The van der Waals surface area contributed by atoms with Crippen molar-refractivity contribution in [1.29, 1.82) is 0 Å². The molecular weight excluding hydrogens is 630 g/mol. The van der Waals surface area contributed by atoms with Crippen molar-refractivity contribution in [2.45, 2.75) is 39.3 Å². The highest BCUT2D eigenvalue weighted by Crippen LogP contribution is 2.33. The van der Waals surface area contributed by atoms with Crippen LogP contribution in [0.4, 0.5) is 5.69 Å². The number of aryl methyl sites for hydroxylation is 2. The van der Waals surface area contributed by atoms with Crippen molar-refractivity contribution >= 4 is 28.3 Å². The lowest BCUT2D eigenvalue weighted by Gasteiger charge is -2.36. The molecule has 2 heterocycles. The average molecular weight is 676 g/mol. The van der Waals surface area contributed by atoms with Crippen LogP contribution in [0.15, 0.2) is 97.2 Å². The summed E-state index contributed by atoms with van der Waals surface area (Å²) in [6, 6.07) is 29.5. The first kappa shape index (κ1) is 34.6. The number of aromatic nitrogens is 1. The maximum absolute atomic E-state index is 14.0. The van der Waals surface area contributed by atoms with Crippen LogP contribution >= 0.6 is 0 Å². The van der Waals surface area contributed by atoms with Gasteiger partial charge in [0.15, 0.2) is 17.3 Å². The Bertz CT molecular complexity index is 1910.